The molecule has 0 saturated heterocycles. The number of hydrogen-bond donors (Lipinski definition) is 7. The van der Waals surface area contributed by atoms with E-state index in [0.717, 1.165) is 5.56 Å². The first-order valence-electron chi connectivity index (χ1n) is 8.86. The van der Waals surface area contributed by atoms with Gasteiger partial charge in [0.15, 0.2) is 0 Å². The molecular formula is C18H24N4O8. The average Bonchev–Trinajstić information content (AvgIpc) is 2.69. The van der Waals surface area contributed by atoms with E-state index in [1.165, 1.54) is 0 Å². The Morgan fingerprint density at radius 1 is 0.933 bits per heavy atom. The van der Waals surface area contributed by atoms with Crippen molar-refractivity contribution in [2.45, 2.75) is 31.0 Å². The highest BCUT2D eigenvalue weighted by molar-refractivity contribution is 5.94. The second-order valence-corrected chi connectivity index (χ2v) is 6.31. The lowest BCUT2D eigenvalue weighted by Crippen LogP contribution is -2.54. The van der Waals surface area contributed by atoms with Crippen molar-refractivity contribution in [3.63, 3.8) is 0 Å². The van der Waals surface area contributed by atoms with E-state index in [0.29, 0.717) is 0 Å². The molecule has 3 atom stereocenters. The number of benzene rings is 1. The molecule has 0 heterocycles. The first-order chi connectivity index (χ1) is 14.1. The summed E-state index contributed by atoms with van der Waals surface area (Å²) in [4.78, 5) is 57.9. The maximum Gasteiger partial charge on any atom is 0.328 e. The van der Waals surface area contributed by atoms with E-state index in [-0.39, 0.29) is 6.42 Å². The van der Waals surface area contributed by atoms with Gasteiger partial charge in [-0.15, -0.1) is 0 Å². The van der Waals surface area contributed by atoms with Crippen LogP contribution in [0.15, 0.2) is 30.3 Å². The lowest BCUT2D eigenvalue weighted by Gasteiger charge is -2.20. The number of hydrogen-bond acceptors (Lipinski definition) is 7. The van der Waals surface area contributed by atoms with Crippen LogP contribution < -0.4 is 21.7 Å². The van der Waals surface area contributed by atoms with Gasteiger partial charge >= 0.3 is 11.9 Å². The van der Waals surface area contributed by atoms with Gasteiger partial charge in [0.2, 0.25) is 17.7 Å². The van der Waals surface area contributed by atoms with Crippen molar-refractivity contribution in [3.8, 4) is 0 Å². The summed E-state index contributed by atoms with van der Waals surface area (Å²) in [5, 5.41) is 32.9. The van der Waals surface area contributed by atoms with Gasteiger partial charge < -0.3 is 37.0 Å². The number of aliphatic hydroxyl groups is 1. The number of carboxylic acids is 2. The average molecular weight is 424 g/mol. The van der Waals surface area contributed by atoms with Crippen LogP contribution in [0.2, 0.25) is 0 Å². The van der Waals surface area contributed by atoms with Crippen molar-refractivity contribution in [2.75, 3.05) is 13.2 Å². The molecule has 3 unspecified atom stereocenters. The SMILES string of the molecule is NC(Cc1ccccc1)C(=O)NC(CC(=O)O)C(=O)NCC(=O)NC(CO)C(=O)O. The summed E-state index contributed by atoms with van der Waals surface area (Å²) >= 11 is 0. The molecule has 0 aliphatic carbocycles. The predicted octanol–water partition coefficient (Wildman–Crippen LogP) is -2.81. The molecule has 0 spiro atoms. The highest BCUT2D eigenvalue weighted by Gasteiger charge is 2.27. The number of nitrogens with one attached hydrogen (secondary N) is 3. The van der Waals surface area contributed by atoms with Crippen molar-refractivity contribution in [1.82, 2.24) is 16.0 Å². The molecule has 1 rings (SSSR count). The highest BCUT2D eigenvalue weighted by atomic mass is 16.4. The first kappa shape index (κ1) is 24.5. The second kappa shape index (κ2) is 12.1. The van der Waals surface area contributed by atoms with E-state index in [1.807, 2.05) is 5.32 Å². The third-order valence-corrected chi connectivity index (χ3v) is 3.89. The van der Waals surface area contributed by atoms with E-state index < -0.39 is 67.4 Å². The van der Waals surface area contributed by atoms with Gasteiger partial charge in [-0.1, -0.05) is 30.3 Å². The van der Waals surface area contributed by atoms with Gasteiger partial charge in [0.25, 0.3) is 0 Å². The molecule has 0 fully saturated rings. The number of carbonyl (C=O) groups excluding carboxylic acids is 3. The zero-order chi connectivity index (χ0) is 22.7. The minimum Gasteiger partial charge on any atom is -0.481 e. The van der Waals surface area contributed by atoms with Crippen molar-refractivity contribution < 1.29 is 39.3 Å². The number of aliphatic hydroxyl groups excluding tert-OH is 1. The molecule has 12 heteroatoms. The molecular weight excluding hydrogens is 400 g/mol. The number of nitrogens with two attached hydrogens (primary N) is 1. The Hall–Kier alpha value is -3.51. The quantitative estimate of drug-likeness (QED) is 0.184. The fraction of sp³-hybridized carbons (Fsp3) is 0.389. The van der Waals surface area contributed by atoms with Crippen molar-refractivity contribution in [2.24, 2.45) is 5.73 Å². The van der Waals surface area contributed by atoms with Gasteiger partial charge in [-0.25, -0.2) is 4.79 Å². The number of rotatable bonds is 12. The normalized spacial score (nSPS) is 13.4. The molecule has 0 aromatic heterocycles. The Morgan fingerprint density at radius 2 is 1.57 bits per heavy atom. The van der Waals surface area contributed by atoms with Crippen molar-refractivity contribution >= 4 is 29.7 Å². The van der Waals surface area contributed by atoms with Gasteiger partial charge in [0.05, 0.1) is 25.6 Å². The molecule has 0 aliphatic rings. The van der Waals surface area contributed by atoms with E-state index in [1.54, 1.807) is 30.3 Å². The van der Waals surface area contributed by atoms with Crippen LogP contribution >= 0.6 is 0 Å². The molecule has 0 saturated carbocycles. The maximum atomic E-state index is 12.3. The van der Waals surface area contributed by atoms with Crippen LogP contribution in [-0.2, 0) is 30.4 Å². The summed E-state index contributed by atoms with van der Waals surface area (Å²) in [6, 6.07) is 4.72. The molecule has 3 amide bonds. The Bertz CT molecular complexity index is 771. The second-order valence-electron chi connectivity index (χ2n) is 6.31. The summed E-state index contributed by atoms with van der Waals surface area (Å²) in [5.41, 5.74) is 6.59. The van der Waals surface area contributed by atoms with Crippen LogP contribution in [0, 0.1) is 0 Å². The zero-order valence-electron chi connectivity index (χ0n) is 15.9. The monoisotopic (exact) mass is 424 g/mol. The van der Waals surface area contributed by atoms with Crippen LogP contribution in [0.25, 0.3) is 0 Å². The standard InChI is InChI=1S/C18H24N4O8/c19-11(6-10-4-2-1-3-5-10)16(27)22-12(7-15(25)26)17(28)20-8-14(24)21-13(9-23)18(29)30/h1-5,11-13,23H,6-9,19H2,(H,20,28)(H,21,24)(H,22,27)(H,25,26)(H,29,30). The minimum absolute atomic E-state index is 0.161. The van der Waals surface area contributed by atoms with Crippen LogP contribution in [-0.4, -0.2) is 76.3 Å². The molecule has 1 aromatic carbocycles. The summed E-state index contributed by atoms with van der Waals surface area (Å²) < 4.78 is 0. The third-order valence-electron chi connectivity index (χ3n) is 3.89. The summed E-state index contributed by atoms with van der Waals surface area (Å²) in [7, 11) is 0. The Morgan fingerprint density at radius 3 is 2.10 bits per heavy atom. The minimum atomic E-state index is -1.56. The number of aliphatic carboxylic acids is 2. The van der Waals surface area contributed by atoms with Crippen LogP contribution in [0.1, 0.15) is 12.0 Å². The molecule has 1 aromatic rings. The maximum absolute atomic E-state index is 12.3. The number of carbonyl (C=O) groups is 5. The Kier molecular flexibility index (Phi) is 9.92. The van der Waals surface area contributed by atoms with Gasteiger partial charge in [-0.05, 0) is 12.0 Å². The highest BCUT2D eigenvalue weighted by Crippen LogP contribution is 2.03. The molecule has 0 radical (unpaired) electrons. The predicted molar refractivity (Wildman–Crippen MR) is 102 cm³/mol. The smallest absolute Gasteiger partial charge is 0.328 e. The summed E-state index contributed by atoms with van der Waals surface area (Å²) in [6.45, 7) is -1.54. The molecule has 8 N–H and O–H groups in total. The third kappa shape index (κ3) is 8.67. The van der Waals surface area contributed by atoms with Crippen molar-refractivity contribution in [1.29, 1.82) is 0 Å². The van der Waals surface area contributed by atoms with Gasteiger partial charge in [-0.2, -0.15) is 0 Å². The van der Waals surface area contributed by atoms with E-state index >= 15 is 0 Å². The number of carboxylic acid groups (broad SMARTS) is 2. The van der Waals surface area contributed by atoms with E-state index in [9.17, 15) is 24.0 Å². The van der Waals surface area contributed by atoms with Crippen LogP contribution in [0.4, 0.5) is 0 Å². The van der Waals surface area contributed by atoms with Gasteiger partial charge in [0, 0.05) is 0 Å². The summed E-state index contributed by atoms with van der Waals surface area (Å²) in [5.74, 6) is -5.49. The molecule has 30 heavy (non-hydrogen) atoms. The van der Waals surface area contributed by atoms with Gasteiger partial charge in [0.1, 0.15) is 12.1 Å². The fourth-order valence-corrected chi connectivity index (χ4v) is 2.34. The first-order valence-corrected chi connectivity index (χ1v) is 8.86. The molecule has 12 nitrogen and oxygen atoms in total. The van der Waals surface area contributed by atoms with E-state index in [2.05, 4.69) is 10.6 Å². The fourth-order valence-electron chi connectivity index (χ4n) is 2.34. The largest absolute Gasteiger partial charge is 0.481 e. The molecule has 0 aliphatic heterocycles. The van der Waals surface area contributed by atoms with Crippen molar-refractivity contribution in [3.05, 3.63) is 35.9 Å². The Balaban J connectivity index is 2.65. The zero-order valence-corrected chi connectivity index (χ0v) is 15.9. The molecule has 0 bridgehead atoms. The van der Waals surface area contributed by atoms with Crippen LogP contribution in [0.5, 0.6) is 0 Å². The lowest BCUT2D eigenvalue weighted by molar-refractivity contribution is -0.143. The number of amides is 3. The topological polar surface area (TPSA) is 208 Å². The lowest BCUT2D eigenvalue weighted by atomic mass is 10.1. The van der Waals surface area contributed by atoms with Crippen LogP contribution in [0.3, 0.4) is 0 Å². The molecule has 164 valence electrons. The Labute approximate surface area is 171 Å². The van der Waals surface area contributed by atoms with Gasteiger partial charge in [-0.3, -0.25) is 19.2 Å². The van der Waals surface area contributed by atoms with E-state index in [4.69, 9.17) is 21.1 Å². The summed E-state index contributed by atoms with van der Waals surface area (Å²) in [6.07, 6.45) is -0.597.